The van der Waals surface area contributed by atoms with E-state index in [0.717, 1.165) is 17.7 Å². The van der Waals surface area contributed by atoms with Gasteiger partial charge in [-0.2, -0.15) is 0 Å². The standard InChI is InChI=1S/C17H17F2N3O/c1-9(2)8-23-16-4-3-10(5-13(16)20)17-21-14-6-11(18)12(19)7-15(14)22-17/h3-7,9H,8,20H2,1-2H3,(H,21,22). The number of fused-ring (bicyclic) bond motifs is 1. The zero-order chi connectivity index (χ0) is 16.6. The molecule has 0 radical (unpaired) electrons. The van der Waals surface area contributed by atoms with Gasteiger partial charge < -0.3 is 15.5 Å². The van der Waals surface area contributed by atoms with Gasteiger partial charge in [-0.1, -0.05) is 13.8 Å². The van der Waals surface area contributed by atoms with Crippen LogP contribution in [0.25, 0.3) is 22.4 Å². The third kappa shape index (κ3) is 3.11. The van der Waals surface area contributed by atoms with Crippen molar-refractivity contribution in [2.75, 3.05) is 12.3 Å². The van der Waals surface area contributed by atoms with Crippen molar-refractivity contribution in [2.45, 2.75) is 13.8 Å². The molecule has 0 saturated heterocycles. The molecule has 0 atom stereocenters. The van der Waals surface area contributed by atoms with Gasteiger partial charge in [0.25, 0.3) is 0 Å². The van der Waals surface area contributed by atoms with Gasteiger partial charge in [0, 0.05) is 17.7 Å². The molecule has 0 spiro atoms. The summed E-state index contributed by atoms with van der Waals surface area (Å²) < 4.78 is 32.2. The van der Waals surface area contributed by atoms with Crippen molar-refractivity contribution in [1.82, 2.24) is 9.97 Å². The van der Waals surface area contributed by atoms with Gasteiger partial charge in [0.2, 0.25) is 0 Å². The molecular formula is C17H17F2N3O. The third-order valence-corrected chi connectivity index (χ3v) is 3.38. The third-order valence-electron chi connectivity index (χ3n) is 3.38. The van der Waals surface area contributed by atoms with E-state index in [-0.39, 0.29) is 0 Å². The van der Waals surface area contributed by atoms with E-state index in [1.807, 2.05) is 0 Å². The van der Waals surface area contributed by atoms with E-state index in [1.54, 1.807) is 18.2 Å². The minimum absolute atomic E-state index is 0.359. The van der Waals surface area contributed by atoms with Crippen LogP contribution in [0.4, 0.5) is 14.5 Å². The number of ether oxygens (including phenoxy) is 1. The molecule has 120 valence electrons. The largest absolute Gasteiger partial charge is 0.491 e. The molecule has 0 bridgehead atoms. The van der Waals surface area contributed by atoms with Crippen LogP contribution in [0.2, 0.25) is 0 Å². The molecule has 0 aliphatic rings. The van der Waals surface area contributed by atoms with Gasteiger partial charge in [0.15, 0.2) is 11.6 Å². The zero-order valence-electron chi connectivity index (χ0n) is 12.9. The Bertz CT molecular complexity index is 819. The number of nitrogen functional groups attached to an aromatic ring is 1. The minimum Gasteiger partial charge on any atom is -0.491 e. The first-order valence-corrected chi connectivity index (χ1v) is 7.31. The Morgan fingerprint density at radius 3 is 2.61 bits per heavy atom. The minimum atomic E-state index is -0.924. The molecule has 3 rings (SSSR count). The second-order valence-electron chi connectivity index (χ2n) is 5.83. The molecule has 1 aromatic heterocycles. The molecule has 6 heteroatoms. The number of hydrogen-bond acceptors (Lipinski definition) is 3. The van der Waals surface area contributed by atoms with E-state index < -0.39 is 11.6 Å². The lowest BCUT2D eigenvalue weighted by atomic mass is 10.2. The smallest absolute Gasteiger partial charge is 0.161 e. The average molecular weight is 317 g/mol. The number of halogens is 2. The van der Waals surface area contributed by atoms with E-state index in [4.69, 9.17) is 10.5 Å². The fraction of sp³-hybridized carbons (Fsp3) is 0.235. The number of imidazole rings is 1. The summed E-state index contributed by atoms with van der Waals surface area (Å²) in [4.78, 5) is 7.23. The number of benzene rings is 2. The summed E-state index contributed by atoms with van der Waals surface area (Å²) in [5, 5.41) is 0. The first-order valence-electron chi connectivity index (χ1n) is 7.31. The van der Waals surface area contributed by atoms with Gasteiger partial charge in [-0.25, -0.2) is 13.8 Å². The lowest BCUT2D eigenvalue weighted by molar-refractivity contribution is 0.272. The van der Waals surface area contributed by atoms with Crippen LogP contribution >= 0.6 is 0 Å². The maximum Gasteiger partial charge on any atom is 0.161 e. The molecule has 0 amide bonds. The van der Waals surface area contributed by atoms with Crippen molar-refractivity contribution in [1.29, 1.82) is 0 Å². The number of anilines is 1. The predicted octanol–water partition coefficient (Wildman–Crippen LogP) is 4.13. The van der Waals surface area contributed by atoms with Crippen molar-refractivity contribution >= 4 is 16.7 Å². The molecule has 1 heterocycles. The van der Waals surface area contributed by atoms with Crippen molar-refractivity contribution < 1.29 is 13.5 Å². The lowest BCUT2D eigenvalue weighted by Gasteiger charge is -2.11. The van der Waals surface area contributed by atoms with Crippen LogP contribution in [0.5, 0.6) is 5.75 Å². The summed E-state index contributed by atoms with van der Waals surface area (Å²) in [7, 11) is 0. The van der Waals surface area contributed by atoms with Crippen LogP contribution in [0.1, 0.15) is 13.8 Å². The normalized spacial score (nSPS) is 11.3. The van der Waals surface area contributed by atoms with Crippen LogP contribution in [0, 0.1) is 17.6 Å². The van der Waals surface area contributed by atoms with Gasteiger partial charge in [0.05, 0.1) is 23.3 Å². The van der Waals surface area contributed by atoms with Gasteiger partial charge >= 0.3 is 0 Å². The lowest BCUT2D eigenvalue weighted by Crippen LogP contribution is -2.06. The number of aromatic nitrogens is 2. The van der Waals surface area contributed by atoms with E-state index in [0.29, 0.717) is 40.8 Å². The highest BCUT2D eigenvalue weighted by Crippen LogP contribution is 2.29. The van der Waals surface area contributed by atoms with E-state index in [9.17, 15) is 8.78 Å². The highest BCUT2D eigenvalue weighted by atomic mass is 19.2. The first-order chi connectivity index (χ1) is 10.9. The molecule has 0 fully saturated rings. The molecule has 0 saturated carbocycles. The van der Waals surface area contributed by atoms with Crippen LogP contribution in [0.15, 0.2) is 30.3 Å². The van der Waals surface area contributed by atoms with E-state index >= 15 is 0 Å². The fourth-order valence-electron chi connectivity index (χ4n) is 2.23. The maximum absolute atomic E-state index is 13.3. The fourth-order valence-corrected chi connectivity index (χ4v) is 2.23. The van der Waals surface area contributed by atoms with Crippen molar-refractivity contribution in [2.24, 2.45) is 5.92 Å². The summed E-state index contributed by atoms with van der Waals surface area (Å²) in [5.41, 5.74) is 7.99. The number of nitrogens with two attached hydrogens (primary N) is 1. The Labute approximate surface area is 132 Å². The van der Waals surface area contributed by atoms with Crippen molar-refractivity contribution in [3.8, 4) is 17.1 Å². The molecule has 23 heavy (non-hydrogen) atoms. The number of H-pyrrole nitrogens is 1. The molecule has 2 aromatic carbocycles. The predicted molar refractivity (Wildman–Crippen MR) is 86.2 cm³/mol. The molecule has 0 aliphatic carbocycles. The quantitative estimate of drug-likeness (QED) is 0.711. The summed E-state index contributed by atoms with van der Waals surface area (Å²) in [5.74, 6) is -0.339. The second kappa shape index (κ2) is 5.87. The van der Waals surface area contributed by atoms with Gasteiger partial charge in [0.1, 0.15) is 11.6 Å². The summed E-state index contributed by atoms with van der Waals surface area (Å²) in [6.07, 6.45) is 0. The molecule has 4 nitrogen and oxygen atoms in total. The Hall–Kier alpha value is -2.63. The van der Waals surface area contributed by atoms with Crippen LogP contribution < -0.4 is 10.5 Å². The van der Waals surface area contributed by atoms with Crippen molar-refractivity contribution in [3.63, 3.8) is 0 Å². The van der Waals surface area contributed by atoms with Crippen LogP contribution in [-0.2, 0) is 0 Å². The Balaban J connectivity index is 1.94. The van der Waals surface area contributed by atoms with E-state index in [2.05, 4.69) is 23.8 Å². The Morgan fingerprint density at radius 2 is 1.91 bits per heavy atom. The Kier molecular flexibility index (Phi) is 3.90. The highest BCUT2D eigenvalue weighted by molar-refractivity contribution is 5.80. The molecule has 3 aromatic rings. The number of hydrogen-bond donors (Lipinski definition) is 2. The monoisotopic (exact) mass is 317 g/mol. The summed E-state index contributed by atoms with van der Waals surface area (Å²) in [6, 6.07) is 7.44. The van der Waals surface area contributed by atoms with Gasteiger partial charge in [-0.15, -0.1) is 0 Å². The number of aromatic amines is 1. The number of nitrogens with zero attached hydrogens (tertiary/aromatic N) is 1. The second-order valence-corrected chi connectivity index (χ2v) is 5.83. The highest BCUT2D eigenvalue weighted by Gasteiger charge is 2.11. The maximum atomic E-state index is 13.3. The summed E-state index contributed by atoms with van der Waals surface area (Å²) >= 11 is 0. The number of rotatable bonds is 4. The SMILES string of the molecule is CC(C)COc1ccc(-c2nc3cc(F)c(F)cc3[nH]2)cc1N. The molecule has 3 N–H and O–H groups in total. The first kappa shape index (κ1) is 15.3. The molecule has 0 aliphatic heterocycles. The average Bonchev–Trinajstić information content (AvgIpc) is 2.89. The van der Waals surface area contributed by atoms with Crippen LogP contribution in [-0.4, -0.2) is 16.6 Å². The van der Waals surface area contributed by atoms with E-state index in [1.165, 1.54) is 0 Å². The zero-order valence-corrected chi connectivity index (χ0v) is 12.9. The molecule has 0 unspecified atom stereocenters. The van der Waals surface area contributed by atoms with Gasteiger partial charge in [-0.05, 0) is 24.1 Å². The van der Waals surface area contributed by atoms with Gasteiger partial charge in [-0.3, -0.25) is 0 Å². The molecular weight excluding hydrogens is 300 g/mol. The van der Waals surface area contributed by atoms with Crippen LogP contribution in [0.3, 0.4) is 0 Å². The number of nitrogens with one attached hydrogen (secondary N) is 1. The van der Waals surface area contributed by atoms with Crippen molar-refractivity contribution in [3.05, 3.63) is 42.0 Å². The Morgan fingerprint density at radius 1 is 1.17 bits per heavy atom. The topological polar surface area (TPSA) is 63.9 Å². The summed E-state index contributed by atoms with van der Waals surface area (Å²) in [6.45, 7) is 4.68.